The summed E-state index contributed by atoms with van der Waals surface area (Å²) < 4.78 is 8.25. The first-order chi connectivity index (χ1) is 14.5. The number of methoxy groups -OCH3 is 1. The molecule has 0 aliphatic heterocycles. The van der Waals surface area contributed by atoms with Crippen LogP contribution in [0.3, 0.4) is 0 Å². The summed E-state index contributed by atoms with van der Waals surface area (Å²) in [5.74, 6) is 0.551. The number of hydrogen-bond donors (Lipinski definition) is 1. The van der Waals surface area contributed by atoms with Crippen molar-refractivity contribution in [2.75, 3.05) is 18.2 Å². The second-order valence-corrected chi connectivity index (χ2v) is 7.57. The van der Waals surface area contributed by atoms with Crippen molar-refractivity contribution in [3.05, 3.63) is 76.3 Å². The Balaban J connectivity index is 1.52. The monoisotopic (exact) mass is 441 g/mol. The largest absolute Gasteiger partial charge is 0.497 e. The Morgan fingerprint density at radius 3 is 2.73 bits per heavy atom. The predicted octanol–water partition coefficient (Wildman–Crippen LogP) is 3.27. The molecule has 152 valence electrons. The van der Waals surface area contributed by atoms with Crippen LogP contribution >= 0.6 is 23.4 Å². The van der Waals surface area contributed by atoms with E-state index in [-0.39, 0.29) is 22.9 Å². The first-order valence-electron chi connectivity index (χ1n) is 8.84. The van der Waals surface area contributed by atoms with Gasteiger partial charge >= 0.3 is 5.56 Å². The second kappa shape index (κ2) is 8.60. The van der Waals surface area contributed by atoms with Gasteiger partial charge in [0.25, 0.3) is 0 Å². The van der Waals surface area contributed by atoms with Gasteiger partial charge in [-0.2, -0.15) is 0 Å². The number of ether oxygens (including phenoxy) is 1. The molecule has 0 saturated heterocycles. The number of rotatable bonds is 6. The number of thioether (sulfide) groups is 1. The maximum atomic E-state index is 12.8. The fourth-order valence-corrected chi connectivity index (χ4v) is 3.63. The molecular weight excluding hydrogens is 426 g/mol. The minimum atomic E-state index is -0.323. The quantitative estimate of drug-likeness (QED) is 0.462. The lowest BCUT2D eigenvalue weighted by Gasteiger charge is -2.08. The molecule has 0 aliphatic rings. The van der Waals surface area contributed by atoms with E-state index in [1.165, 1.54) is 16.3 Å². The summed E-state index contributed by atoms with van der Waals surface area (Å²) in [5.41, 5.74) is 1.15. The number of nitrogens with one attached hydrogen (secondary N) is 1. The number of benzene rings is 2. The maximum Gasteiger partial charge on any atom is 0.300 e. The van der Waals surface area contributed by atoms with Gasteiger partial charge in [-0.3, -0.25) is 18.6 Å². The number of hydrogen-bond acceptors (Lipinski definition) is 6. The molecular formula is C20H16ClN5O3S. The standard InChI is InChI=1S/C20H16ClN5O3S/c1-29-16-4-2-3-15(11-16)25-9-10-26-18(19(25)28)23-24-20(26)30-12-17(27)22-14-7-5-13(21)6-8-14/h2-11H,12H2,1H3,(H,22,27). The summed E-state index contributed by atoms with van der Waals surface area (Å²) in [6.45, 7) is 0. The van der Waals surface area contributed by atoms with Gasteiger partial charge in [-0.15, -0.1) is 10.2 Å². The van der Waals surface area contributed by atoms with Crippen LogP contribution in [0.1, 0.15) is 0 Å². The van der Waals surface area contributed by atoms with Crippen LogP contribution in [-0.4, -0.2) is 37.9 Å². The lowest BCUT2D eigenvalue weighted by molar-refractivity contribution is -0.113. The van der Waals surface area contributed by atoms with Crippen LogP contribution in [0.4, 0.5) is 5.69 Å². The number of aromatic nitrogens is 4. The van der Waals surface area contributed by atoms with E-state index in [0.29, 0.717) is 27.3 Å². The molecule has 2 aromatic heterocycles. The Hall–Kier alpha value is -3.30. The zero-order valence-electron chi connectivity index (χ0n) is 15.8. The Kier molecular flexibility index (Phi) is 5.73. The smallest absolute Gasteiger partial charge is 0.300 e. The van der Waals surface area contributed by atoms with E-state index >= 15 is 0 Å². The molecule has 1 amide bonds. The molecule has 0 spiro atoms. The zero-order chi connectivity index (χ0) is 21.1. The number of nitrogens with zero attached hydrogens (tertiary/aromatic N) is 4. The van der Waals surface area contributed by atoms with E-state index in [9.17, 15) is 9.59 Å². The average Bonchev–Trinajstić information content (AvgIpc) is 3.18. The van der Waals surface area contributed by atoms with Gasteiger partial charge in [0.1, 0.15) is 5.75 Å². The highest BCUT2D eigenvalue weighted by Crippen LogP contribution is 2.19. The van der Waals surface area contributed by atoms with Gasteiger partial charge < -0.3 is 10.1 Å². The Morgan fingerprint density at radius 2 is 1.97 bits per heavy atom. The molecule has 2 aromatic carbocycles. The second-order valence-electron chi connectivity index (χ2n) is 6.19. The van der Waals surface area contributed by atoms with E-state index in [1.54, 1.807) is 72.4 Å². The molecule has 8 nitrogen and oxygen atoms in total. The van der Waals surface area contributed by atoms with Gasteiger partial charge in [0.15, 0.2) is 5.16 Å². The van der Waals surface area contributed by atoms with Crippen molar-refractivity contribution in [3.8, 4) is 11.4 Å². The van der Waals surface area contributed by atoms with Crippen LogP contribution in [0.5, 0.6) is 5.75 Å². The zero-order valence-corrected chi connectivity index (χ0v) is 17.4. The summed E-state index contributed by atoms with van der Waals surface area (Å²) in [5, 5.41) is 11.9. The van der Waals surface area contributed by atoms with Crippen molar-refractivity contribution in [2.24, 2.45) is 0 Å². The molecule has 4 aromatic rings. The van der Waals surface area contributed by atoms with Gasteiger partial charge in [-0.05, 0) is 36.4 Å². The van der Waals surface area contributed by atoms with E-state index in [4.69, 9.17) is 16.3 Å². The third-order valence-electron chi connectivity index (χ3n) is 4.23. The van der Waals surface area contributed by atoms with Crippen molar-refractivity contribution < 1.29 is 9.53 Å². The van der Waals surface area contributed by atoms with Gasteiger partial charge in [-0.25, -0.2) is 0 Å². The van der Waals surface area contributed by atoms with Gasteiger partial charge in [-0.1, -0.05) is 29.4 Å². The van der Waals surface area contributed by atoms with Crippen LogP contribution in [0, 0.1) is 0 Å². The number of carbonyl (C=O) groups excluding carboxylic acids is 1. The SMILES string of the molecule is COc1cccc(-n2ccn3c(SCC(=O)Nc4ccc(Cl)cc4)nnc3c2=O)c1. The van der Waals surface area contributed by atoms with Crippen molar-refractivity contribution in [2.45, 2.75) is 5.16 Å². The van der Waals surface area contributed by atoms with Crippen LogP contribution < -0.4 is 15.6 Å². The third-order valence-corrected chi connectivity index (χ3v) is 5.43. The van der Waals surface area contributed by atoms with Crippen LogP contribution in [0.25, 0.3) is 11.3 Å². The van der Waals surface area contributed by atoms with Crippen LogP contribution in [0.2, 0.25) is 5.02 Å². The first kappa shape index (κ1) is 20.0. The minimum Gasteiger partial charge on any atom is -0.497 e. The molecule has 4 rings (SSSR count). The highest BCUT2D eigenvalue weighted by molar-refractivity contribution is 7.99. The van der Waals surface area contributed by atoms with Crippen molar-refractivity contribution in [3.63, 3.8) is 0 Å². The average molecular weight is 442 g/mol. The summed E-state index contributed by atoms with van der Waals surface area (Å²) in [4.78, 5) is 25.0. The van der Waals surface area contributed by atoms with E-state index in [2.05, 4.69) is 15.5 Å². The summed E-state index contributed by atoms with van der Waals surface area (Å²) >= 11 is 7.03. The number of carbonyl (C=O) groups is 1. The van der Waals surface area contributed by atoms with E-state index in [0.717, 1.165) is 0 Å². The number of fused-ring (bicyclic) bond motifs is 1. The molecule has 0 fully saturated rings. The lowest BCUT2D eigenvalue weighted by atomic mass is 10.3. The fraction of sp³-hybridized carbons (Fsp3) is 0.100. The molecule has 0 atom stereocenters. The molecule has 2 heterocycles. The molecule has 0 aliphatic carbocycles. The third kappa shape index (κ3) is 4.17. The van der Waals surface area contributed by atoms with Crippen LogP contribution in [0.15, 0.2) is 70.9 Å². The molecule has 30 heavy (non-hydrogen) atoms. The molecule has 0 unspecified atom stereocenters. The van der Waals surface area contributed by atoms with Crippen LogP contribution in [-0.2, 0) is 4.79 Å². The van der Waals surface area contributed by atoms with E-state index < -0.39 is 0 Å². The maximum absolute atomic E-state index is 12.8. The molecule has 1 N–H and O–H groups in total. The Morgan fingerprint density at radius 1 is 1.17 bits per heavy atom. The van der Waals surface area contributed by atoms with E-state index in [1.807, 2.05) is 0 Å². The number of halogens is 1. The molecule has 0 radical (unpaired) electrons. The molecule has 0 bridgehead atoms. The van der Waals surface area contributed by atoms with Gasteiger partial charge in [0.2, 0.25) is 11.6 Å². The van der Waals surface area contributed by atoms with Gasteiger partial charge in [0.05, 0.1) is 18.6 Å². The van der Waals surface area contributed by atoms with Gasteiger partial charge in [0, 0.05) is 29.2 Å². The predicted molar refractivity (Wildman–Crippen MR) is 116 cm³/mol. The highest BCUT2D eigenvalue weighted by atomic mass is 35.5. The topological polar surface area (TPSA) is 90.5 Å². The Labute approximate surface area is 180 Å². The Bertz CT molecular complexity index is 1270. The lowest BCUT2D eigenvalue weighted by Crippen LogP contribution is -2.20. The first-order valence-corrected chi connectivity index (χ1v) is 10.2. The van der Waals surface area contributed by atoms with Crippen molar-refractivity contribution >= 4 is 40.6 Å². The summed E-state index contributed by atoms with van der Waals surface area (Å²) in [7, 11) is 1.57. The summed E-state index contributed by atoms with van der Waals surface area (Å²) in [6, 6.07) is 14.0. The molecule has 0 saturated carbocycles. The number of amides is 1. The number of anilines is 1. The van der Waals surface area contributed by atoms with Crippen molar-refractivity contribution in [1.29, 1.82) is 0 Å². The summed E-state index contributed by atoms with van der Waals surface area (Å²) in [6.07, 6.45) is 3.32. The highest BCUT2D eigenvalue weighted by Gasteiger charge is 2.14. The normalized spacial score (nSPS) is 10.9. The minimum absolute atomic E-state index is 0.113. The fourth-order valence-electron chi connectivity index (χ4n) is 2.79. The van der Waals surface area contributed by atoms with Crippen molar-refractivity contribution in [1.82, 2.24) is 19.2 Å². The molecule has 10 heteroatoms.